The third kappa shape index (κ3) is 3.22. The Morgan fingerprint density at radius 2 is 2.27 bits per heavy atom. The lowest BCUT2D eigenvalue weighted by Crippen LogP contribution is -2.38. The van der Waals surface area contributed by atoms with Gasteiger partial charge in [0, 0.05) is 36.9 Å². The van der Waals surface area contributed by atoms with Gasteiger partial charge in [-0.3, -0.25) is 9.69 Å². The second-order valence-electron chi connectivity index (χ2n) is 6.78. The topological polar surface area (TPSA) is 62.5 Å². The third-order valence-electron chi connectivity index (χ3n) is 4.75. The van der Waals surface area contributed by atoms with E-state index in [1.807, 2.05) is 24.4 Å². The highest BCUT2D eigenvalue weighted by atomic mass is 35.5. The molecule has 1 aliphatic rings. The Morgan fingerprint density at radius 3 is 3.04 bits per heavy atom. The number of aromatic nitrogens is 3. The molecule has 0 spiro atoms. The molecule has 6 nitrogen and oxygen atoms in total. The number of nitrogens with zero attached hydrogens (tertiary/aromatic N) is 4. The molecule has 136 valence electrons. The van der Waals surface area contributed by atoms with E-state index in [0.29, 0.717) is 21.1 Å². The smallest absolute Gasteiger partial charge is 0.280 e. The first-order chi connectivity index (χ1) is 12.5. The van der Waals surface area contributed by atoms with Crippen LogP contribution in [-0.4, -0.2) is 50.6 Å². The number of thiazole rings is 1. The van der Waals surface area contributed by atoms with Gasteiger partial charge in [-0.2, -0.15) is 5.10 Å². The van der Waals surface area contributed by atoms with Crippen molar-refractivity contribution in [3.63, 3.8) is 0 Å². The van der Waals surface area contributed by atoms with Gasteiger partial charge in [0.15, 0.2) is 5.01 Å². The van der Waals surface area contributed by atoms with Crippen molar-refractivity contribution < 1.29 is 4.79 Å². The highest BCUT2D eigenvalue weighted by Gasteiger charge is 2.27. The van der Waals surface area contributed by atoms with Crippen LogP contribution >= 0.6 is 22.9 Å². The van der Waals surface area contributed by atoms with Crippen molar-refractivity contribution in [2.45, 2.75) is 32.4 Å². The number of likely N-dealkylation sites (tertiary alicyclic amines) is 1. The van der Waals surface area contributed by atoms with Crippen molar-refractivity contribution in [3.05, 3.63) is 39.9 Å². The Balaban J connectivity index is 1.54. The molecule has 1 fully saturated rings. The fraction of sp³-hybridized carbons (Fsp3) is 0.389. The van der Waals surface area contributed by atoms with Crippen LogP contribution in [0.3, 0.4) is 0 Å². The molecule has 0 aromatic carbocycles. The Hall–Kier alpha value is -1.96. The summed E-state index contributed by atoms with van der Waals surface area (Å²) in [5.41, 5.74) is 2.35. The number of carbonyl (C=O) groups excluding carboxylic acids is 1. The average Bonchev–Trinajstić information content (AvgIpc) is 3.32. The number of fused-ring (bicyclic) bond motifs is 1. The van der Waals surface area contributed by atoms with Gasteiger partial charge in [0.25, 0.3) is 5.91 Å². The minimum atomic E-state index is -0.157. The summed E-state index contributed by atoms with van der Waals surface area (Å²) < 4.78 is 2.27. The Labute approximate surface area is 160 Å². The van der Waals surface area contributed by atoms with Crippen molar-refractivity contribution in [1.82, 2.24) is 24.8 Å². The SMILES string of the molecule is CC(C)N1CC[C@H](NC(=O)c2nc(-c3cnn4ccccc34)c(Cl)s2)C1. The molecule has 1 saturated heterocycles. The van der Waals surface area contributed by atoms with Gasteiger partial charge in [-0.05, 0) is 32.4 Å². The van der Waals surface area contributed by atoms with Gasteiger partial charge in [-0.1, -0.05) is 29.0 Å². The summed E-state index contributed by atoms with van der Waals surface area (Å²) in [6, 6.07) is 6.46. The van der Waals surface area contributed by atoms with Gasteiger partial charge in [0.2, 0.25) is 0 Å². The summed E-state index contributed by atoms with van der Waals surface area (Å²) in [4.78, 5) is 19.5. The molecule has 0 saturated carbocycles. The average molecular weight is 390 g/mol. The fourth-order valence-corrected chi connectivity index (χ4v) is 4.38. The van der Waals surface area contributed by atoms with Crippen molar-refractivity contribution in [3.8, 4) is 11.3 Å². The van der Waals surface area contributed by atoms with E-state index in [9.17, 15) is 4.79 Å². The van der Waals surface area contributed by atoms with Crippen LogP contribution in [0.25, 0.3) is 16.8 Å². The van der Waals surface area contributed by atoms with E-state index >= 15 is 0 Å². The van der Waals surface area contributed by atoms with E-state index < -0.39 is 0 Å². The highest BCUT2D eigenvalue weighted by molar-refractivity contribution is 7.18. The Kier molecular flexibility index (Phi) is 4.69. The molecule has 1 atom stereocenters. The largest absolute Gasteiger partial charge is 0.346 e. The Morgan fingerprint density at radius 1 is 1.42 bits per heavy atom. The molecule has 1 N–H and O–H groups in total. The highest BCUT2D eigenvalue weighted by Crippen LogP contribution is 2.34. The third-order valence-corrected chi connectivity index (χ3v) is 6.00. The molecule has 4 heterocycles. The number of pyridine rings is 1. The van der Waals surface area contributed by atoms with E-state index in [0.717, 1.165) is 30.6 Å². The molecule has 1 aliphatic heterocycles. The van der Waals surface area contributed by atoms with Crippen molar-refractivity contribution in [1.29, 1.82) is 0 Å². The van der Waals surface area contributed by atoms with E-state index in [1.54, 1.807) is 10.7 Å². The number of carbonyl (C=O) groups is 1. The standard InChI is InChI=1S/C18H20ClN5OS/c1-11(2)23-8-6-12(10-23)21-17(25)18-22-15(16(19)26-18)13-9-20-24-7-4-3-5-14(13)24/h3-5,7,9,11-12H,6,8,10H2,1-2H3,(H,21,25)/t12-/m0/s1. The van der Waals surface area contributed by atoms with Crippen LogP contribution in [0, 0.1) is 0 Å². The first-order valence-electron chi connectivity index (χ1n) is 8.67. The maximum Gasteiger partial charge on any atom is 0.280 e. The van der Waals surface area contributed by atoms with Crippen LogP contribution in [-0.2, 0) is 0 Å². The second kappa shape index (κ2) is 6.98. The minimum absolute atomic E-state index is 0.157. The molecule has 3 aromatic rings. The molecule has 0 radical (unpaired) electrons. The number of nitrogens with one attached hydrogen (secondary N) is 1. The van der Waals surface area contributed by atoms with Crippen molar-refractivity contribution in [2.24, 2.45) is 0 Å². The van der Waals surface area contributed by atoms with E-state index in [-0.39, 0.29) is 11.9 Å². The summed E-state index contributed by atoms with van der Waals surface area (Å²) in [5.74, 6) is -0.157. The maximum absolute atomic E-state index is 12.6. The molecule has 26 heavy (non-hydrogen) atoms. The maximum atomic E-state index is 12.6. The van der Waals surface area contributed by atoms with Crippen LogP contribution < -0.4 is 5.32 Å². The molecule has 0 bridgehead atoms. The van der Waals surface area contributed by atoms with E-state index in [2.05, 4.69) is 34.1 Å². The van der Waals surface area contributed by atoms with Crippen LogP contribution in [0.4, 0.5) is 0 Å². The van der Waals surface area contributed by atoms with E-state index in [4.69, 9.17) is 11.6 Å². The summed E-state index contributed by atoms with van der Waals surface area (Å²) in [5, 5.41) is 7.80. The molecule has 0 unspecified atom stereocenters. The monoisotopic (exact) mass is 389 g/mol. The summed E-state index contributed by atoms with van der Waals surface area (Å²) in [6.07, 6.45) is 4.56. The molecular formula is C18H20ClN5OS. The van der Waals surface area contributed by atoms with Gasteiger partial charge >= 0.3 is 0 Å². The minimum Gasteiger partial charge on any atom is -0.346 e. The van der Waals surface area contributed by atoms with Crippen molar-refractivity contribution in [2.75, 3.05) is 13.1 Å². The zero-order valence-electron chi connectivity index (χ0n) is 14.6. The molecule has 0 aliphatic carbocycles. The summed E-state index contributed by atoms with van der Waals surface area (Å²) in [6.45, 7) is 6.24. The summed E-state index contributed by atoms with van der Waals surface area (Å²) >= 11 is 7.60. The Bertz CT molecular complexity index is 950. The van der Waals surface area contributed by atoms with Gasteiger partial charge in [0.1, 0.15) is 10.0 Å². The van der Waals surface area contributed by atoms with Crippen LogP contribution in [0.5, 0.6) is 0 Å². The van der Waals surface area contributed by atoms with Crippen LogP contribution in [0.1, 0.15) is 30.1 Å². The predicted octanol–water partition coefficient (Wildman–Crippen LogP) is 3.32. The lowest BCUT2D eigenvalue weighted by atomic mass is 10.2. The molecular weight excluding hydrogens is 370 g/mol. The number of hydrogen-bond donors (Lipinski definition) is 1. The number of amides is 1. The quantitative estimate of drug-likeness (QED) is 0.743. The number of hydrogen-bond acceptors (Lipinski definition) is 5. The first-order valence-corrected chi connectivity index (χ1v) is 9.86. The lowest BCUT2D eigenvalue weighted by molar-refractivity contribution is 0.0936. The van der Waals surface area contributed by atoms with Gasteiger partial charge in [0.05, 0.1) is 11.7 Å². The lowest BCUT2D eigenvalue weighted by Gasteiger charge is -2.20. The van der Waals surface area contributed by atoms with Crippen molar-refractivity contribution >= 4 is 34.4 Å². The zero-order chi connectivity index (χ0) is 18.3. The second-order valence-corrected chi connectivity index (χ2v) is 8.38. The van der Waals surface area contributed by atoms with Gasteiger partial charge in [-0.15, -0.1) is 0 Å². The molecule has 1 amide bonds. The number of halogens is 1. The molecule has 3 aromatic heterocycles. The first kappa shape index (κ1) is 17.5. The van der Waals surface area contributed by atoms with Crippen LogP contribution in [0.2, 0.25) is 4.34 Å². The van der Waals surface area contributed by atoms with Gasteiger partial charge < -0.3 is 5.32 Å². The van der Waals surface area contributed by atoms with Gasteiger partial charge in [-0.25, -0.2) is 9.50 Å². The normalized spacial score (nSPS) is 18.1. The molecule has 4 rings (SSSR count). The number of rotatable bonds is 4. The fourth-order valence-electron chi connectivity index (χ4n) is 3.30. The van der Waals surface area contributed by atoms with Crippen LogP contribution in [0.15, 0.2) is 30.6 Å². The predicted molar refractivity (Wildman–Crippen MR) is 104 cm³/mol. The van der Waals surface area contributed by atoms with E-state index in [1.165, 1.54) is 11.3 Å². The molecule has 8 heteroatoms. The zero-order valence-corrected chi connectivity index (χ0v) is 16.2. The summed E-state index contributed by atoms with van der Waals surface area (Å²) in [7, 11) is 0.